The lowest BCUT2D eigenvalue weighted by molar-refractivity contribution is -0.137. The Balaban J connectivity index is 1.66. The van der Waals surface area contributed by atoms with E-state index >= 15 is 0 Å². The van der Waals surface area contributed by atoms with Gasteiger partial charge in [-0.1, -0.05) is 41.0 Å². The first kappa shape index (κ1) is 21.4. The fraction of sp³-hybridized carbons (Fsp3) is 0.176. The summed E-state index contributed by atoms with van der Waals surface area (Å²) in [4.78, 5) is 16.0. The maximum atomic E-state index is 12.8. The van der Waals surface area contributed by atoms with E-state index in [4.69, 9.17) is 23.2 Å². The van der Waals surface area contributed by atoms with E-state index in [0.717, 1.165) is 23.9 Å². The van der Waals surface area contributed by atoms with E-state index in [1.807, 2.05) is 0 Å². The average molecular weight is 462 g/mol. The highest BCUT2D eigenvalue weighted by Crippen LogP contribution is 2.31. The minimum absolute atomic E-state index is 0.0603. The van der Waals surface area contributed by atoms with Gasteiger partial charge in [-0.25, -0.2) is 4.98 Å². The standard InChI is InChI=1S/C17H12Cl2F3N5OS/c1-27-15(9-5-12(18)24-13(19)6-9)25-26-16(27)29-8-14(28)23-11-4-2-3-10(7-11)17(20,21)22/h2-7H,8H2,1H3,(H,23,28). The van der Waals surface area contributed by atoms with Gasteiger partial charge in [-0.3, -0.25) is 4.79 Å². The molecule has 0 aliphatic carbocycles. The molecule has 0 aliphatic rings. The Bertz CT molecular complexity index is 1040. The van der Waals surface area contributed by atoms with Crippen LogP contribution >= 0.6 is 35.0 Å². The number of carbonyl (C=O) groups excluding carboxylic acids is 1. The second-order valence-electron chi connectivity index (χ2n) is 5.78. The number of pyridine rings is 1. The predicted octanol–water partition coefficient (Wildman–Crippen LogP) is 4.93. The molecule has 0 atom stereocenters. The number of aromatic nitrogens is 4. The zero-order chi connectivity index (χ0) is 21.2. The highest BCUT2D eigenvalue weighted by Gasteiger charge is 2.30. The van der Waals surface area contributed by atoms with Gasteiger partial charge in [0.2, 0.25) is 5.91 Å². The van der Waals surface area contributed by atoms with Gasteiger partial charge in [-0.05, 0) is 30.3 Å². The van der Waals surface area contributed by atoms with E-state index in [1.165, 1.54) is 12.1 Å². The van der Waals surface area contributed by atoms with E-state index in [-0.39, 0.29) is 21.7 Å². The second kappa shape index (κ2) is 8.60. The van der Waals surface area contributed by atoms with Gasteiger partial charge in [0.15, 0.2) is 11.0 Å². The number of hydrogen-bond donors (Lipinski definition) is 1. The molecular weight excluding hydrogens is 450 g/mol. The van der Waals surface area contributed by atoms with Crippen molar-refractivity contribution in [3.05, 3.63) is 52.3 Å². The second-order valence-corrected chi connectivity index (χ2v) is 7.50. The van der Waals surface area contributed by atoms with Crippen LogP contribution in [0.4, 0.5) is 18.9 Å². The first-order chi connectivity index (χ1) is 13.6. The van der Waals surface area contributed by atoms with Crippen molar-refractivity contribution in [2.45, 2.75) is 11.3 Å². The van der Waals surface area contributed by atoms with Crippen molar-refractivity contribution in [2.75, 3.05) is 11.1 Å². The first-order valence-corrected chi connectivity index (χ1v) is 9.70. The highest BCUT2D eigenvalue weighted by molar-refractivity contribution is 7.99. The Kier molecular flexibility index (Phi) is 6.35. The van der Waals surface area contributed by atoms with Crippen molar-refractivity contribution in [1.29, 1.82) is 0 Å². The quantitative estimate of drug-likeness (QED) is 0.430. The molecule has 2 aromatic heterocycles. The number of halogens is 5. The number of amides is 1. The maximum Gasteiger partial charge on any atom is 0.416 e. The van der Waals surface area contributed by atoms with Crippen molar-refractivity contribution in [3.63, 3.8) is 0 Å². The zero-order valence-electron chi connectivity index (χ0n) is 14.7. The van der Waals surface area contributed by atoms with Gasteiger partial charge in [-0.2, -0.15) is 13.2 Å². The summed E-state index contributed by atoms with van der Waals surface area (Å²) in [6.07, 6.45) is -4.48. The molecule has 0 bridgehead atoms. The molecular formula is C17H12Cl2F3N5OS. The molecule has 0 radical (unpaired) electrons. The Morgan fingerprint density at radius 2 is 1.86 bits per heavy atom. The maximum absolute atomic E-state index is 12.8. The van der Waals surface area contributed by atoms with Crippen LogP contribution in [-0.2, 0) is 18.0 Å². The van der Waals surface area contributed by atoms with Gasteiger partial charge in [0.1, 0.15) is 10.3 Å². The summed E-state index contributed by atoms with van der Waals surface area (Å²) in [5.41, 5.74) is -0.175. The Hall–Kier alpha value is -2.30. The van der Waals surface area contributed by atoms with Crippen LogP contribution in [0.3, 0.4) is 0 Å². The summed E-state index contributed by atoms with van der Waals surface area (Å²) >= 11 is 12.9. The van der Waals surface area contributed by atoms with Crippen LogP contribution in [-0.4, -0.2) is 31.4 Å². The van der Waals surface area contributed by atoms with E-state index in [1.54, 1.807) is 23.7 Å². The first-order valence-electron chi connectivity index (χ1n) is 7.96. The fourth-order valence-electron chi connectivity index (χ4n) is 2.39. The lowest BCUT2D eigenvalue weighted by atomic mass is 10.2. The van der Waals surface area contributed by atoms with Gasteiger partial charge in [0.05, 0.1) is 11.3 Å². The van der Waals surface area contributed by atoms with E-state index in [9.17, 15) is 18.0 Å². The summed E-state index contributed by atoms with van der Waals surface area (Å²) in [6, 6.07) is 7.57. The largest absolute Gasteiger partial charge is 0.416 e. The van der Waals surface area contributed by atoms with Crippen molar-refractivity contribution in [3.8, 4) is 11.4 Å². The van der Waals surface area contributed by atoms with Gasteiger partial charge in [0.25, 0.3) is 0 Å². The summed E-state index contributed by atoms with van der Waals surface area (Å²) in [5, 5.41) is 11.3. The van der Waals surface area contributed by atoms with Gasteiger partial charge >= 0.3 is 6.18 Å². The van der Waals surface area contributed by atoms with Crippen LogP contribution in [0.5, 0.6) is 0 Å². The Morgan fingerprint density at radius 1 is 1.17 bits per heavy atom. The zero-order valence-corrected chi connectivity index (χ0v) is 17.0. The number of hydrogen-bond acceptors (Lipinski definition) is 5. The number of benzene rings is 1. The molecule has 3 aromatic rings. The monoisotopic (exact) mass is 461 g/mol. The molecule has 12 heteroatoms. The van der Waals surface area contributed by atoms with Crippen molar-refractivity contribution >= 4 is 46.6 Å². The lowest BCUT2D eigenvalue weighted by Gasteiger charge is -2.09. The minimum Gasteiger partial charge on any atom is -0.325 e. The number of thioether (sulfide) groups is 1. The van der Waals surface area contributed by atoms with Crippen LogP contribution in [0.25, 0.3) is 11.4 Å². The number of nitrogens with zero attached hydrogens (tertiary/aromatic N) is 4. The molecule has 1 aromatic carbocycles. The van der Waals surface area contributed by atoms with Gasteiger partial charge in [-0.15, -0.1) is 10.2 Å². The number of carbonyl (C=O) groups is 1. The van der Waals surface area contributed by atoms with Crippen LogP contribution in [0.15, 0.2) is 41.6 Å². The smallest absolute Gasteiger partial charge is 0.325 e. The SMILES string of the molecule is Cn1c(SCC(=O)Nc2cccc(C(F)(F)F)c2)nnc1-c1cc(Cl)nc(Cl)c1. The third kappa shape index (κ3) is 5.40. The van der Waals surface area contributed by atoms with E-state index < -0.39 is 17.6 Å². The van der Waals surface area contributed by atoms with Crippen LogP contribution in [0.1, 0.15) is 5.56 Å². The number of alkyl halides is 3. The molecule has 1 amide bonds. The molecule has 6 nitrogen and oxygen atoms in total. The molecule has 2 heterocycles. The summed E-state index contributed by atoms with van der Waals surface area (Å²) in [7, 11) is 1.70. The van der Waals surface area contributed by atoms with Gasteiger partial charge < -0.3 is 9.88 Å². The van der Waals surface area contributed by atoms with E-state index in [0.29, 0.717) is 16.5 Å². The lowest BCUT2D eigenvalue weighted by Crippen LogP contribution is -2.15. The van der Waals surface area contributed by atoms with Crippen LogP contribution in [0, 0.1) is 0 Å². The topological polar surface area (TPSA) is 72.7 Å². The molecule has 29 heavy (non-hydrogen) atoms. The van der Waals surface area contributed by atoms with Crippen LogP contribution in [0.2, 0.25) is 10.3 Å². The molecule has 152 valence electrons. The van der Waals surface area contributed by atoms with Crippen molar-refractivity contribution in [1.82, 2.24) is 19.7 Å². The van der Waals surface area contributed by atoms with Crippen LogP contribution < -0.4 is 5.32 Å². The Labute approximate surface area is 177 Å². The summed E-state index contributed by atoms with van der Waals surface area (Å²) in [5.74, 6) is -0.0778. The Morgan fingerprint density at radius 3 is 2.52 bits per heavy atom. The normalized spacial score (nSPS) is 11.5. The molecule has 1 N–H and O–H groups in total. The number of anilines is 1. The summed E-state index contributed by atoms with van der Waals surface area (Å²) in [6.45, 7) is 0. The average Bonchev–Trinajstić information content (AvgIpc) is 2.99. The van der Waals surface area contributed by atoms with Gasteiger partial charge in [0, 0.05) is 18.3 Å². The molecule has 0 saturated heterocycles. The molecule has 0 saturated carbocycles. The molecule has 0 spiro atoms. The van der Waals surface area contributed by atoms with Crippen molar-refractivity contribution < 1.29 is 18.0 Å². The minimum atomic E-state index is -4.48. The van der Waals surface area contributed by atoms with E-state index in [2.05, 4.69) is 20.5 Å². The number of nitrogens with one attached hydrogen (secondary N) is 1. The molecule has 0 aliphatic heterocycles. The predicted molar refractivity (Wildman–Crippen MR) is 105 cm³/mol. The third-order valence-corrected chi connectivity index (χ3v) is 5.07. The third-order valence-electron chi connectivity index (χ3n) is 3.66. The molecule has 0 unspecified atom stereocenters. The molecule has 3 rings (SSSR count). The number of rotatable bonds is 5. The fourth-order valence-corrected chi connectivity index (χ4v) is 3.56. The molecule has 0 fully saturated rings. The summed E-state index contributed by atoms with van der Waals surface area (Å²) < 4.78 is 39.9. The van der Waals surface area contributed by atoms with Crippen molar-refractivity contribution in [2.24, 2.45) is 7.05 Å². The highest BCUT2D eigenvalue weighted by atomic mass is 35.5.